The SMILES string of the molecule is CNC(=O)c1cccc(NCc2cc(C)ccc2C)c1. The van der Waals surface area contributed by atoms with Crippen molar-refractivity contribution < 1.29 is 4.79 Å². The van der Waals surface area contributed by atoms with E-state index in [1.165, 1.54) is 16.7 Å². The standard InChI is InChI=1S/C17H20N2O/c1-12-7-8-13(2)15(9-12)11-19-16-6-4-5-14(10-16)17(20)18-3/h4-10,19H,11H2,1-3H3,(H,18,20). The summed E-state index contributed by atoms with van der Waals surface area (Å²) in [5.74, 6) is -0.0691. The van der Waals surface area contributed by atoms with Crippen molar-refractivity contribution in [1.82, 2.24) is 5.32 Å². The molecule has 0 saturated carbocycles. The molecule has 0 atom stereocenters. The molecule has 0 saturated heterocycles. The van der Waals surface area contributed by atoms with Crippen molar-refractivity contribution in [2.45, 2.75) is 20.4 Å². The third-order valence-corrected chi connectivity index (χ3v) is 3.34. The summed E-state index contributed by atoms with van der Waals surface area (Å²) in [4.78, 5) is 11.6. The van der Waals surface area contributed by atoms with Crippen molar-refractivity contribution in [2.24, 2.45) is 0 Å². The number of hydrogen-bond acceptors (Lipinski definition) is 2. The molecule has 1 amide bonds. The number of rotatable bonds is 4. The lowest BCUT2D eigenvalue weighted by atomic mass is 10.1. The van der Waals surface area contributed by atoms with Crippen LogP contribution < -0.4 is 10.6 Å². The Kier molecular flexibility index (Phi) is 4.41. The van der Waals surface area contributed by atoms with Gasteiger partial charge >= 0.3 is 0 Å². The molecular formula is C17H20N2O. The summed E-state index contributed by atoms with van der Waals surface area (Å²) < 4.78 is 0. The highest BCUT2D eigenvalue weighted by Crippen LogP contribution is 2.15. The van der Waals surface area contributed by atoms with Gasteiger partial charge in [0.05, 0.1) is 0 Å². The van der Waals surface area contributed by atoms with Crippen LogP contribution in [0.1, 0.15) is 27.0 Å². The van der Waals surface area contributed by atoms with Gasteiger partial charge in [-0.05, 0) is 43.2 Å². The smallest absolute Gasteiger partial charge is 0.251 e. The maximum atomic E-state index is 11.6. The first-order valence-corrected chi connectivity index (χ1v) is 6.72. The van der Waals surface area contributed by atoms with Crippen LogP contribution in [0.3, 0.4) is 0 Å². The monoisotopic (exact) mass is 268 g/mol. The summed E-state index contributed by atoms with van der Waals surface area (Å²) in [6, 6.07) is 14.0. The van der Waals surface area contributed by atoms with Gasteiger partial charge in [-0.1, -0.05) is 29.8 Å². The van der Waals surface area contributed by atoms with Gasteiger partial charge in [-0.25, -0.2) is 0 Å². The van der Waals surface area contributed by atoms with Gasteiger partial charge in [0.1, 0.15) is 0 Å². The van der Waals surface area contributed by atoms with Gasteiger partial charge in [-0.2, -0.15) is 0 Å². The van der Waals surface area contributed by atoms with Crippen LogP contribution in [0, 0.1) is 13.8 Å². The van der Waals surface area contributed by atoms with Crippen molar-refractivity contribution in [3.8, 4) is 0 Å². The van der Waals surface area contributed by atoms with Gasteiger partial charge in [-0.3, -0.25) is 4.79 Å². The van der Waals surface area contributed by atoms with Crippen molar-refractivity contribution in [1.29, 1.82) is 0 Å². The molecule has 0 fully saturated rings. The molecule has 0 aliphatic carbocycles. The van der Waals surface area contributed by atoms with Crippen LogP contribution in [-0.4, -0.2) is 13.0 Å². The molecule has 2 aromatic rings. The Balaban J connectivity index is 2.11. The Morgan fingerprint density at radius 2 is 1.90 bits per heavy atom. The van der Waals surface area contributed by atoms with E-state index in [9.17, 15) is 4.79 Å². The van der Waals surface area contributed by atoms with E-state index in [4.69, 9.17) is 0 Å². The molecule has 2 rings (SSSR count). The van der Waals surface area contributed by atoms with E-state index in [-0.39, 0.29) is 5.91 Å². The number of nitrogens with one attached hydrogen (secondary N) is 2. The highest BCUT2D eigenvalue weighted by Gasteiger charge is 2.04. The van der Waals surface area contributed by atoms with Crippen LogP contribution in [0.4, 0.5) is 5.69 Å². The quantitative estimate of drug-likeness (QED) is 0.893. The number of amides is 1. The lowest BCUT2D eigenvalue weighted by Gasteiger charge is -2.11. The van der Waals surface area contributed by atoms with Crippen LogP contribution in [0.15, 0.2) is 42.5 Å². The lowest BCUT2D eigenvalue weighted by molar-refractivity contribution is 0.0963. The van der Waals surface area contributed by atoms with Crippen molar-refractivity contribution >= 4 is 11.6 Å². The highest BCUT2D eigenvalue weighted by atomic mass is 16.1. The summed E-state index contributed by atoms with van der Waals surface area (Å²) in [6.45, 7) is 4.96. The molecule has 0 aliphatic heterocycles. The number of hydrogen-bond donors (Lipinski definition) is 2. The van der Waals surface area contributed by atoms with Crippen molar-refractivity contribution in [2.75, 3.05) is 12.4 Å². The van der Waals surface area contributed by atoms with E-state index in [2.05, 4.69) is 42.7 Å². The average molecular weight is 268 g/mol. The predicted octanol–water partition coefficient (Wildman–Crippen LogP) is 3.28. The Hall–Kier alpha value is -2.29. The Morgan fingerprint density at radius 1 is 1.10 bits per heavy atom. The fourth-order valence-corrected chi connectivity index (χ4v) is 2.10. The molecule has 20 heavy (non-hydrogen) atoms. The lowest BCUT2D eigenvalue weighted by Crippen LogP contribution is -2.17. The van der Waals surface area contributed by atoms with Crippen LogP contribution in [-0.2, 0) is 6.54 Å². The molecule has 0 unspecified atom stereocenters. The molecule has 0 bridgehead atoms. The molecule has 2 aromatic carbocycles. The molecule has 3 nitrogen and oxygen atoms in total. The summed E-state index contributed by atoms with van der Waals surface area (Å²) >= 11 is 0. The molecule has 2 N–H and O–H groups in total. The van der Waals surface area contributed by atoms with E-state index >= 15 is 0 Å². The largest absolute Gasteiger partial charge is 0.381 e. The van der Waals surface area contributed by atoms with Crippen LogP contribution in [0.25, 0.3) is 0 Å². The predicted molar refractivity (Wildman–Crippen MR) is 83.1 cm³/mol. The number of benzene rings is 2. The minimum Gasteiger partial charge on any atom is -0.381 e. The zero-order valence-electron chi connectivity index (χ0n) is 12.2. The summed E-state index contributed by atoms with van der Waals surface area (Å²) in [6.07, 6.45) is 0. The summed E-state index contributed by atoms with van der Waals surface area (Å²) in [7, 11) is 1.64. The van der Waals surface area contributed by atoms with Gasteiger partial charge in [0, 0.05) is 24.8 Å². The third-order valence-electron chi connectivity index (χ3n) is 3.34. The van der Waals surface area contributed by atoms with E-state index in [0.29, 0.717) is 5.56 Å². The van der Waals surface area contributed by atoms with Crippen LogP contribution in [0.5, 0.6) is 0 Å². The molecular weight excluding hydrogens is 248 g/mol. The second-order valence-electron chi connectivity index (χ2n) is 4.94. The maximum absolute atomic E-state index is 11.6. The number of aryl methyl sites for hydroxylation is 2. The van der Waals surface area contributed by atoms with E-state index in [0.717, 1.165) is 12.2 Å². The van der Waals surface area contributed by atoms with E-state index in [1.807, 2.05) is 24.3 Å². The maximum Gasteiger partial charge on any atom is 0.251 e. The second-order valence-corrected chi connectivity index (χ2v) is 4.94. The number of carbonyl (C=O) groups is 1. The van der Waals surface area contributed by atoms with E-state index in [1.54, 1.807) is 7.05 Å². The van der Waals surface area contributed by atoms with Gasteiger partial charge < -0.3 is 10.6 Å². The van der Waals surface area contributed by atoms with Crippen molar-refractivity contribution in [3.05, 3.63) is 64.7 Å². The zero-order chi connectivity index (χ0) is 14.5. The Morgan fingerprint density at radius 3 is 2.65 bits per heavy atom. The van der Waals surface area contributed by atoms with Gasteiger partial charge in [0.2, 0.25) is 0 Å². The zero-order valence-corrected chi connectivity index (χ0v) is 12.2. The molecule has 3 heteroatoms. The van der Waals surface area contributed by atoms with Gasteiger partial charge in [0.15, 0.2) is 0 Å². The first-order valence-electron chi connectivity index (χ1n) is 6.72. The minimum atomic E-state index is -0.0691. The first kappa shape index (κ1) is 14.1. The van der Waals surface area contributed by atoms with Crippen LogP contribution >= 0.6 is 0 Å². The van der Waals surface area contributed by atoms with Gasteiger partial charge in [-0.15, -0.1) is 0 Å². The molecule has 0 spiro atoms. The normalized spacial score (nSPS) is 10.2. The molecule has 0 aliphatic rings. The first-order chi connectivity index (χ1) is 9.60. The number of carbonyl (C=O) groups excluding carboxylic acids is 1. The molecule has 0 heterocycles. The molecule has 104 valence electrons. The van der Waals surface area contributed by atoms with E-state index < -0.39 is 0 Å². The average Bonchev–Trinajstić information content (AvgIpc) is 2.47. The fraction of sp³-hybridized carbons (Fsp3) is 0.235. The second kappa shape index (κ2) is 6.24. The highest BCUT2D eigenvalue weighted by molar-refractivity contribution is 5.94. The Bertz CT molecular complexity index is 620. The minimum absolute atomic E-state index is 0.0691. The fourth-order valence-electron chi connectivity index (χ4n) is 2.10. The summed E-state index contributed by atoms with van der Waals surface area (Å²) in [5.41, 5.74) is 5.41. The third kappa shape index (κ3) is 3.38. The number of anilines is 1. The van der Waals surface area contributed by atoms with Crippen molar-refractivity contribution in [3.63, 3.8) is 0 Å². The van der Waals surface area contributed by atoms with Crippen LogP contribution in [0.2, 0.25) is 0 Å². The van der Waals surface area contributed by atoms with Gasteiger partial charge in [0.25, 0.3) is 5.91 Å². The summed E-state index contributed by atoms with van der Waals surface area (Å²) in [5, 5.41) is 6.00. The molecule has 0 radical (unpaired) electrons. The Labute approximate surface area is 120 Å². The topological polar surface area (TPSA) is 41.1 Å². The molecule has 0 aromatic heterocycles.